The summed E-state index contributed by atoms with van der Waals surface area (Å²) in [6.07, 6.45) is 0. The fourth-order valence-corrected chi connectivity index (χ4v) is 11.9. The molecule has 1 spiro atoms. The maximum atomic E-state index is 2.54. The van der Waals surface area contributed by atoms with Crippen molar-refractivity contribution in [1.29, 1.82) is 0 Å². The Bertz CT molecular complexity index is 3880. The number of nitrogens with zero attached hydrogens (tertiary/aromatic N) is 2. The zero-order valence-corrected chi connectivity index (χ0v) is 36.6. The van der Waals surface area contributed by atoms with Crippen molar-refractivity contribution in [2.75, 3.05) is 4.90 Å². The third-order valence-corrected chi connectivity index (χ3v) is 14.6. The Kier molecular flexibility index (Phi) is 8.23. The number of para-hydroxylation sites is 3. The maximum Gasteiger partial charge on any atom is 0.0754 e. The molecule has 12 aromatic rings. The molecular formula is C65H42N2. The van der Waals surface area contributed by atoms with Crippen molar-refractivity contribution in [2.45, 2.75) is 5.41 Å². The number of rotatable bonds is 6. The lowest BCUT2D eigenvalue weighted by atomic mass is 9.65. The lowest BCUT2D eigenvalue weighted by Gasteiger charge is -2.39. The molecule has 11 aromatic carbocycles. The third-order valence-electron chi connectivity index (χ3n) is 14.6. The molecule has 2 heteroatoms. The van der Waals surface area contributed by atoms with Crippen LogP contribution in [0.2, 0.25) is 0 Å². The third kappa shape index (κ3) is 5.39. The Hall–Kier alpha value is -8.72. The van der Waals surface area contributed by atoms with Gasteiger partial charge in [0.15, 0.2) is 0 Å². The van der Waals surface area contributed by atoms with Crippen LogP contribution in [0.4, 0.5) is 17.1 Å². The summed E-state index contributed by atoms with van der Waals surface area (Å²) in [7, 11) is 0. The number of benzene rings is 11. The Morgan fingerprint density at radius 3 is 1.64 bits per heavy atom. The number of anilines is 3. The molecule has 2 heterocycles. The molecule has 0 radical (unpaired) electrons. The minimum atomic E-state index is -0.459. The van der Waals surface area contributed by atoms with Crippen LogP contribution in [-0.4, -0.2) is 4.57 Å². The quantitative estimate of drug-likeness (QED) is 0.162. The second-order valence-electron chi connectivity index (χ2n) is 17.9. The Balaban J connectivity index is 1.02. The predicted octanol–water partition coefficient (Wildman–Crippen LogP) is 17.1. The van der Waals surface area contributed by atoms with E-state index < -0.39 is 5.41 Å². The van der Waals surface area contributed by atoms with E-state index in [1.165, 1.54) is 99.5 Å². The van der Waals surface area contributed by atoms with Crippen molar-refractivity contribution in [2.24, 2.45) is 0 Å². The van der Waals surface area contributed by atoms with Crippen LogP contribution in [0.3, 0.4) is 0 Å². The number of fused-ring (bicyclic) bond motifs is 13. The summed E-state index contributed by atoms with van der Waals surface area (Å²) in [4.78, 5) is 2.47. The predicted molar refractivity (Wildman–Crippen MR) is 280 cm³/mol. The number of aromatic nitrogens is 1. The molecule has 0 saturated carbocycles. The van der Waals surface area contributed by atoms with Gasteiger partial charge < -0.3 is 9.47 Å². The van der Waals surface area contributed by atoms with Gasteiger partial charge in [-0.15, -0.1) is 0 Å². The minimum absolute atomic E-state index is 0.459. The van der Waals surface area contributed by atoms with Crippen LogP contribution in [0.25, 0.3) is 82.8 Å². The fourth-order valence-electron chi connectivity index (χ4n) is 11.9. The molecular weight excluding hydrogens is 809 g/mol. The molecule has 2 aliphatic rings. The summed E-state index contributed by atoms with van der Waals surface area (Å²) in [6.45, 7) is 0. The average Bonchev–Trinajstić information content (AvgIpc) is 3.89. The normalized spacial score (nSPS) is 12.9. The lowest BCUT2D eigenvalue weighted by Crippen LogP contribution is -2.33. The topological polar surface area (TPSA) is 8.17 Å². The molecule has 0 amide bonds. The smallest absolute Gasteiger partial charge is 0.0754 e. The molecule has 67 heavy (non-hydrogen) atoms. The van der Waals surface area contributed by atoms with Crippen LogP contribution in [0.1, 0.15) is 22.3 Å². The van der Waals surface area contributed by atoms with Crippen LogP contribution < -0.4 is 4.90 Å². The van der Waals surface area contributed by atoms with E-state index in [1.54, 1.807) is 0 Å². The van der Waals surface area contributed by atoms with Crippen molar-refractivity contribution >= 4 is 49.6 Å². The molecule has 0 atom stereocenters. The first kappa shape index (κ1) is 37.6. The molecule has 0 bridgehead atoms. The molecule has 0 saturated heterocycles. The first-order valence-electron chi connectivity index (χ1n) is 23.3. The van der Waals surface area contributed by atoms with E-state index >= 15 is 0 Å². The van der Waals surface area contributed by atoms with Gasteiger partial charge in [-0.05, 0) is 114 Å². The van der Waals surface area contributed by atoms with Gasteiger partial charge in [0.25, 0.3) is 0 Å². The highest BCUT2D eigenvalue weighted by Gasteiger charge is 2.50. The Morgan fingerprint density at radius 2 is 0.851 bits per heavy atom. The minimum Gasteiger partial charge on any atom is -0.310 e. The fraction of sp³-hybridized carbons (Fsp3) is 0.0154. The molecule has 312 valence electrons. The highest BCUT2D eigenvalue weighted by Crippen LogP contribution is 2.61. The molecule has 0 unspecified atom stereocenters. The van der Waals surface area contributed by atoms with Crippen LogP contribution in [0.15, 0.2) is 255 Å². The summed E-state index contributed by atoms with van der Waals surface area (Å²) < 4.78 is 2.54. The number of hydrogen-bond donors (Lipinski definition) is 0. The molecule has 1 aliphatic carbocycles. The SMILES string of the molecule is c1ccc(-c2ccccc2-c2ccccc2N(c2ccc(-c3cccc4ccccc34)cc2)c2ccc3c(c2)c2cccc4c2n3-c2ccccc2C42c3ccccc3-c3ccccc32)cc1. The Labute approximate surface area is 389 Å². The van der Waals surface area contributed by atoms with Gasteiger partial charge in [0, 0.05) is 27.7 Å². The van der Waals surface area contributed by atoms with Gasteiger partial charge in [-0.3, -0.25) is 0 Å². The largest absolute Gasteiger partial charge is 0.310 e. The zero-order valence-electron chi connectivity index (χ0n) is 36.6. The molecule has 0 fully saturated rings. The lowest BCUT2D eigenvalue weighted by molar-refractivity contribution is 0.748. The highest BCUT2D eigenvalue weighted by molar-refractivity contribution is 6.14. The van der Waals surface area contributed by atoms with E-state index in [4.69, 9.17) is 0 Å². The standard InChI is InChI=1S/C65H42N2/c1-2-18-43(19-3-1)50-23-6-7-24-51(50)54-27-10-14-34-61(54)66(46-38-36-45(37-39-46)49-28-16-21-44-20-4-5-22-48(44)49)47-40-41-62-56(42-47)55-29-17-33-60-64(55)67(62)63-35-15-13-32-59(63)65(60)57-30-11-8-25-52(57)53-26-9-12-31-58(53)65/h1-42H. The molecule has 0 N–H and O–H groups in total. The van der Waals surface area contributed by atoms with Gasteiger partial charge >= 0.3 is 0 Å². The van der Waals surface area contributed by atoms with Gasteiger partial charge in [-0.1, -0.05) is 212 Å². The first-order valence-corrected chi connectivity index (χ1v) is 23.3. The summed E-state index contributed by atoms with van der Waals surface area (Å²) in [6, 6.07) is 94.3. The van der Waals surface area contributed by atoms with E-state index in [0.29, 0.717) is 0 Å². The first-order chi connectivity index (χ1) is 33.3. The van der Waals surface area contributed by atoms with E-state index in [1.807, 2.05) is 0 Å². The van der Waals surface area contributed by atoms with E-state index in [0.717, 1.165) is 22.6 Å². The molecule has 14 rings (SSSR count). The average molecular weight is 851 g/mol. The summed E-state index contributed by atoms with van der Waals surface area (Å²) in [5, 5.41) is 4.97. The number of hydrogen-bond acceptors (Lipinski definition) is 1. The van der Waals surface area contributed by atoms with Crippen molar-refractivity contribution in [3.8, 4) is 50.2 Å². The van der Waals surface area contributed by atoms with Crippen LogP contribution in [0.5, 0.6) is 0 Å². The summed E-state index contributed by atoms with van der Waals surface area (Å²) in [5.41, 5.74) is 21.6. The Morgan fingerprint density at radius 1 is 0.313 bits per heavy atom. The van der Waals surface area contributed by atoms with Gasteiger partial charge in [0.05, 0.1) is 27.8 Å². The molecule has 1 aromatic heterocycles. The maximum absolute atomic E-state index is 2.54. The van der Waals surface area contributed by atoms with Crippen molar-refractivity contribution in [1.82, 2.24) is 4.57 Å². The van der Waals surface area contributed by atoms with Crippen molar-refractivity contribution in [3.05, 3.63) is 277 Å². The van der Waals surface area contributed by atoms with E-state index in [-0.39, 0.29) is 0 Å². The second-order valence-corrected chi connectivity index (χ2v) is 17.9. The highest BCUT2D eigenvalue weighted by atomic mass is 15.1. The van der Waals surface area contributed by atoms with Crippen LogP contribution in [-0.2, 0) is 5.41 Å². The van der Waals surface area contributed by atoms with Gasteiger partial charge in [-0.2, -0.15) is 0 Å². The van der Waals surface area contributed by atoms with Gasteiger partial charge in [0.2, 0.25) is 0 Å². The van der Waals surface area contributed by atoms with Gasteiger partial charge in [-0.25, -0.2) is 0 Å². The van der Waals surface area contributed by atoms with Crippen molar-refractivity contribution < 1.29 is 0 Å². The zero-order chi connectivity index (χ0) is 44.1. The monoisotopic (exact) mass is 850 g/mol. The second kappa shape index (κ2) is 14.7. The van der Waals surface area contributed by atoms with Crippen molar-refractivity contribution in [3.63, 3.8) is 0 Å². The van der Waals surface area contributed by atoms with Gasteiger partial charge in [0.1, 0.15) is 0 Å². The van der Waals surface area contributed by atoms with Crippen LogP contribution >= 0.6 is 0 Å². The van der Waals surface area contributed by atoms with E-state index in [9.17, 15) is 0 Å². The molecule has 1 aliphatic heterocycles. The summed E-state index contributed by atoms with van der Waals surface area (Å²) in [5.74, 6) is 0. The van der Waals surface area contributed by atoms with E-state index in [2.05, 4.69) is 264 Å². The molecule has 2 nitrogen and oxygen atoms in total. The summed E-state index contributed by atoms with van der Waals surface area (Å²) >= 11 is 0. The van der Waals surface area contributed by atoms with Crippen LogP contribution in [0, 0.1) is 0 Å².